The van der Waals surface area contributed by atoms with Gasteiger partial charge in [-0.3, -0.25) is 14.7 Å². The predicted molar refractivity (Wildman–Crippen MR) is 85.4 cm³/mol. The second-order valence-corrected chi connectivity index (χ2v) is 4.72. The average Bonchev–Trinajstić information content (AvgIpc) is 2.57. The van der Waals surface area contributed by atoms with Crippen molar-refractivity contribution >= 4 is 17.9 Å². The molecule has 8 heteroatoms. The van der Waals surface area contributed by atoms with Crippen molar-refractivity contribution in [2.45, 2.75) is 20.1 Å². The third-order valence-corrected chi connectivity index (χ3v) is 2.92. The van der Waals surface area contributed by atoms with Crippen LogP contribution in [0.5, 0.6) is 0 Å². The van der Waals surface area contributed by atoms with Gasteiger partial charge in [0.2, 0.25) is 0 Å². The van der Waals surface area contributed by atoms with Gasteiger partial charge in [-0.05, 0) is 18.6 Å². The fourth-order valence-electron chi connectivity index (χ4n) is 1.83. The summed E-state index contributed by atoms with van der Waals surface area (Å²) in [4.78, 5) is 38.5. The van der Waals surface area contributed by atoms with E-state index in [0.29, 0.717) is 0 Å². The van der Waals surface area contributed by atoms with Crippen molar-refractivity contribution in [3.05, 3.63) is 58.6 Å². The highest BCUT2D eigenvalue weighted by Gasteiger charge is 2.09. The Bertz CT molecular complexity index is 758. The highest BCUT2D eigenvalue weighted by molar-refractivity contribution is 5.83. The van der Waals surface area contributed by atoms with Gasteiger partial charge < -0.3 is 9.47 Å². The highest BCUT2D eigenvalue weighted by atomic mass is 16.5. The van der Waals surface area contributed by atoms with Crippen LogP contribution >= 0.6 is 0 Å². The number of hydrogen-bond acceptors (Lipinski definition) is 6. The van der Waals surface area contributed by atoms with Gasteiger partial charge in [0.05, 0.1) is 6.61 Å². The molecular formula is C16H17N3O5. The third kappa shape index (κ3) is 5.24. The van der Waals surface area contributed by atoms with Gasteiger partial charge in [-0.15, -0.1) is 0 Å². The molecule has 0 atom stereocenters. The van der Waals surface area contributed by atoms with Crippen molar-refractivity contribution in [3.8, 4) is 0 Å². The molecule has 0 aliphatic carbocycles. The number of hydrogen-bond donors (Lipinski definition) is 1. The van der Waals surface area contributed by atoms with E-state index in [0.717, 1.165) is 10.1 Å². The number of anilines is 1. The van der Waals surface area contributed by atoms with Gasteiger partial charge in [-0.1, -0.05) is 30.3 Å². The Morgan fingerprint density at radius 2 is 1.92 bits per heavy atom. The monoisotopic (exact) mass is 331 g/mol. The molecule has 1 amide bonds. The number of carbonyl (C=O) groups excluding carboxylic acids is 2. The Morgan fingerprint density at radius 3 is 2.58 bits per heavy atom. The summed E-state index contributed by atoms with van der Waals surface area (Å²) >= 11 is 0. The Balaban J connectivity index is 1.90. The van der Waals surface area contributed by atoms with Crippen molar-refractivity contribution in [1.29, 1.82) is 0 Å². The van der Waals surface area contributed by atoms with Gasteiger partial charge in [0, 0.05) is 6.20 Å². The van der Waals surface area contributed by atoms with Crippen LogP contribution in [0.4, 0.5) is 10.6 Å². The second kappa shape index (κ2) is 8.47. The van der Waals surface area contributed by atoms with Crippen LogP contribution in [0.2, 0.25) is 0 Å². The van der Waals surface area contributed by atoms with Crippen LogP contribution in [0.3, 0.4) is 0 Å². The first-order valence-corrected chi connectivity index (χ1v) is 7.29. The molecular weight excluding hydrogens is 314 g/mol. The van der Waals surface area contributed by atoms with E-state index >= 15 is 0 Å². The molecule has 0 radical (unpaired) electrons. The lowest BCUT2D eigenvalue weighted by Crippen LogP contribution is -2.28. The molecule has 1 heterocycles. The normalized spacial score (nSPS) is 10.0. The van der Waals surface area contributed by atoms with Crippen molar-refractivity contribution in [2.75, 3.05) is 11.9 Å². The Labute approximate surface area is 138 Å². The van der Waals surface area contributed by atoms with Crippen LogP contribution in [0.1, 0.15) is 12.5 Å². The van der Waals surface area contributed by atoms with E-state index < -0.39 is 17.8 Å². The van der Waals surface area contributed by atoms with Gasteiger partial charge >= 0.3 is 17.8 Å². The second-order valence-electron chi connectivity index (χ2n) is 4.72. The summed E-state index contributed by atoms with van der Waals surface area (Å²) in [5.41, 5.74) is 0.161. The van der Waals surface area contributed by atoms with E-state index in [9.17, 15) is 14.4 Å². The smallest absolute Gasteiger partial charge is 0.413 e. The number of ether oxygens (including phenoxy) is 2. The summed E-state index contributed by atoms with van der Waals surface area (Å²) < 4.78 is 10.9. The van der Waals surface area contributed by atoms with Crippen molar-refractivity contribution in [3.63, 3.8) is 0 Å². The largest absolute Gasteiger partial charge is 0.465 e. The highest BCUT2D eigenvalue weighted by Crippen LogP contribution is 2.03. The van der Waals surface area contributed by atoms with Crippen molar-refractivity contribution in [1.82, 2.24) is 9.55 Å². The Morgan fingerprint density at radius 1 is 1.17 bits per heavy atom. The lowest BCUT2D eigenvalue weighted by atomic mass is 10.2. The molecule has 0 aliphatic heterocycles. The quantitative estimate of drug-likeness (QED) is 0.806. The van der Waals surface area contributed by atoms with Crippen LogP contribution in [0, 0.1) is 0 Å². The number of rotatable bonds is 6. The maximum atomic E-state index is 11.8. The molecule has 0 saturated carbocycles. The SMILES string of the molecule is CCOC(=O)Cn1ccc(NC(=O)OCc2ccccc2)nc1=O. The number of carbonyl (C=O) groups is 2. The van der Waals surface area contributed by atoms with Crippen LogP contribution in [-0.4, -0.2) is 28.2 Å². The van der Waals surface area contributed by atoms with E-state index in [4.69, 9.17) is 9.47 Å². The summed E-state index contributed by atoms with van der Waals surface area (Å²) in [6.07, 6.45) is 0.618. The molecule has 0 saturated heterocycles. The molecule has 0 aliphatic rings. The minimum Gasteiger partial charge on any atom is -0.465 e. The summed E-state index contributed by atoms with van der Waals surface area (Å²) in [5, 5.41) is 2.36. The minimum atomic E-state index is -0.728. The fourth-order valence-corrected chi connectivity index (χ4v) is 1.83. The Kier molecular flexibility index (Phi) is 6.07. The van der Waals surface area contributed by atoms with Gasteiger partial charge in [0.15, 0.2) is 0 Å². The standard InChI is InChI=1S/C16H17N3O5/c1-2-23-14(20)10-19-9-8-13(17-15(19)21)18-16(22)24-11-12-6-4-3-5-7-12/h3-9H,2,10-11H2,1H3,(H,17,18,21,22). The first-order chi connectivity index (χ1) is 11.6. The maximum Gasteiger partial charge on any atom is 0.413 e. The van der Waals surface area contributed by atoms with E-state index in [1.54, 1.807) is 6.92 Å². The van der Waals surface area contributed by atoms with E-state index in [1.807, 2.05) is 30.3 Å². The molecule has 1 aromatic heterocycles. The summed E-state index contributed by atoms with van der Waals surface area (Å²) in [7, 11) is 0. The minimum absolute atomic E-state index is 0.0400. The molecule has 1 aromatic carbocycles. The Hall–Kier alpha value is -3.16. The van der Waals surface area contributed by atoms with Gasteiger partial charge in [0.1, 0.15) is 19.0 Å². The van der Waals surface area contributed by atoms with E-state index in [2.05, 4.69) is 10.3 Å². The molecule has 24 heavy (non-hydrogen) atoms. The first kappa shape index (κ1) is 17.2. The van der Waals surface area contributed by atoms with Crippen LogP contribution in [0.15, 0.2) is 47.4 Å². The van der Waals surface area contributed by atoms with Gasteiger partial charge in [-0.25, -0.2) is 9.59 Å². The molecule has 0 spiro atoms. The average molecular weight is 331 g/mol. The van der Waals surface area contributed by atoms with Crippen LogP contribution < -0.4 is 11.0 Å². The number of esters is 1. The third-order valence-electron chi connectivity index (χ3n) is 2.92. The predicted octanol–water partition coefficient (Wildman–Crippen LogP) is 1.56. The molecule has 0 bridgehead atoms. The zero-order valence-electron chi connectivity index (χ0n) is 13.1. The zero-order chi connectivity index (χ0) is 17.4. The number of nitrogens with one attached hydrogen (secondary N) is 1. The molecule has 126 valence electrons. The van der Waals surface area contributed by atoms with Crippen molar-refractivity contribution < 1.29 is 19.1 Å². The van der Waals surface area contributed by atoms with Crippen LogP contribution in [0.25, 0.3) is 0 Å². The topological polar surface area (TPSA) is 99.5 Å². The number of nitrogens with zero attached hydrogens (tertiary/aromatic N) is 2. The van der Waals surface area contributed by atoms with Gasteiger partial charge in [0.25, 0.3) is 0 Å². The lowest BCUT2D eigenvalue weighted by Gasteiger charge is -2.08. The number of amides is 1. The molecule has 8 nitrogen and oxygen atoms in total. The van der Waals surface area contributed by atoms with E-state index in [1.165, 1.54) is 12.3 Å². The van der Waals surface area contributed by atoms with E-state index in [-0.39, 0.29) is 25.6 Å². The van der Waals surface area contributed by atoms with Crippen molar-refractivity contribution in [2.24, 2.45) is 0 Å². The summed E-state index contributed by atoms with van der Waals surface area (Å²) in [6.45, 7) is 1.77. The summed E-state index contributed by atoms with van der Waals surface area (Å²) in [5.74, 6) is -0.498. The zero-order valence-corrected chi connectivity index (χ0v) is 13.1. The first-order valence-electron chi connectivity index (χ1n) is 7.29. The molecule has 2 rings (SSSR count). The molecule has 0 fully saturated rings. The van der Waals surface area contributed by atoms with Crippen LogP contribution in [-0.2, 0) is 27.4 Å². The molecule has 0 unspecified atom stereocenters. The number of aromatic nitrogens is 2. The molecule has 1 N–H and O–H groups in total. The molecule has 2 aromatic rings. The van der Waals surface area contributed by atoms with Gasteiger partial charge in [-0.2, -0.15) is 4.98 Å². The summed E-state index contributed by atoms with van der Waals surface area (Å²) in [6, 6.07) is 10.6. The maximum absolute atomic E-state index is 11.8. The lowest BCUT2D eigenvalue weighted by molar-refractivity contribution is -0.143. The number of benzene rings is 1. The fraction of sp³-hybridized carbons (Fsp3) is 0.250.